The van der Waals surface area contributed by atoms with Gasteiger partial charge in [0.25, 0.3) is 8.53 Å². The molecule has 1 saturated heterocycles. The van der Waals surface area contributed by atoms with Crippen molar-refractivity contribution in [2.75, 3.05) is 25.3 Å². The average molecular weight is 581 g/mol. The number of nitriles is 1. The minimum Gasteiger partial charge on any atom is -0.351 e. The first-order chi connectivity index (χ1) is 19.0. The molecule has 0 saturated carbocycles. The van der Waals surface area contributed by atoms with E-state index >= 15 is 0 Å². The number of hydrogen-bond acceptors (Lipinski definition) is 10. The van der Waals surface area contributed by atoms with E-state index < -0.39 is 38.8 Å². The molecule has 2 rings (SSSR count). The van der Waals surface area contributed by atoms with Crippen molar-refractivity contribution < 1.29 is 28.1 Å². The van der Waals surface area contributed by atoms with Crippen molar-refractivity contribution in [2.45, 2.75) is 104 Å². The lowest BCUT2D eigenvalue weighted by Crippen LogP contribution is -2.41. The van der Waals surface area contributed by atoms with Crippen LogP contribution in [0.4, 0.5) is 5.82 Å². The van der Waals surface area contributed by atoms with Gasteiger partial charge in [-0.3, -0.25) is 9.36 Å². The molecule has 1 fully saturated rings. The molecule has 0 spiro atoms. The van der Waals surface area contributed by atoms with E-state index in [4.69, 9.17) is 35.1 Å². The second kappa shape index (κ2) is 16.7. The first kappa shape index (κ1) is 33.7. The molecule has 14 heteroatoms. The number of anilines is 1. The van der Waals surface area contributed by atoms with Crippen molar-refractivity contribution in [1.82, 2.24) is 14.2 Å². The predicted octanol–water partition coefficient (Wildman–Crippen LogP) is 3.84. The summed E-state index contributed by atoms with van der Waals surface area (Å²) in [5.74, 6) is -0.225. The predicted molar refractivity (Wildman–Crippen MR) is 149 cm³/mol. The van der Waals surface area contributed by atoms with Crippen LogP contribution in [0, 0.1) is 17.9 Å². The van der Waals surface area contributed by atoms with Crippen molar-refractivity contribution in [3.8, 4) is 6.07 Å². The molecule has 1 amide bonds. The second-order valence-electron chi connectivity index (χ2n) is 9.84. The molecule has 13 nitrogen and oxygen atoms in total. The van der Waals surface area contributed by atoms with E-state index in [2.05, 4.69) is 25.9 Å². The van der Waals surface area contributed by atoms with Gasteiger partial charge < -0.3 is 33.4 Å². The molecule has 1 aliphatic heterocycles. The zero-order valence-corrected chi connectivity index (χ0v) is 25.2. The van der Waals surface area contributed by atoms with E-state index in [1.54, 1.807) is 6.92 Å². The van der Waals surface area contributed by atoms with Gasteiger partial charge in [-0.05, 0) is 47.1 Å². The average Bonchev–Trinajstić information content (AvgIpc) is 3.20. The van der Waals surface area contributed by atoms with Gasteiger partial charge in [0, 0.05) is 25.2 Å². The maximum Gasteiger partial charge on any atom is 0.351 e. The minimum atomic E-state index is -1.63. The van der Waals surface area contributed by atoms with Gasteiger partial charge in [-0.15, -0.1) is 0 Å². The van der Waals surface area contributed by atoms with Gasteiger partial charge in [-0.25, -0.2) is 16.0 Å². The van der Waals surface area contributed by atoms with Crippen LogP contribution in [0.25, 0.3) is 4.85 Å². The molecule has 0 radical (unpaired) electrons. The van der Waals surface area contributed by atoms with Gasteiger partial charge >= 0.3 is 5.69 Å². The fourth-order valence-electron chi connectivity index (χ4n) is 4.24. The van der Waals surface area contributed by atoms with Crippen LogP contribution in [0.15, 0.2) is 17.1 Å². The van der Waals surface area contributed by atoms with Gasteiger partial charge in [-0.2, -0.15) is 10.2 Å². The third kappa shape index (κ3) is 9.57. The number of nitrogens with one attached hydrogen (secondary N) is 1. The summed E-state index contributed by atoms with van der Waals surface area (Å²) in [5, 5.41) is 11.5. The van der Waals surface area contributed by atoms with Crippen LogP contribution in [0.5, 0.6) is 0 Å². The number of carbonyl (C=O) groups is 1. The maximum atomic E-state index is 13.0. The molecule has 1 aliphatic rings. The van der Waals surface area contributed by atoms with E-state index in [1.165, 1.54) is 23.8 Å². The Bertz CT molecular complexity index is 1080. The lowest BCUT2D eigenvalue weighted by Gasteiger charge is -2.38. The van der Waals surface area contributed by atoms with E-state index in [9.17, 15) is 9.59 Å². The lowest BCUT2D eigenvalue weighted by molar-refractivity contribution is -0.152. The number of ether oxygens (including phenoxy) is 3. The fraction of sp³-hybridized carbons (Fsp3) is 0.731. The van der Waals surface area contributed by atoms with Gasteiger partial charge in [0.15, 0.2) is 6.23 Å². The second-order valence-corrected chi connectivity index (χ2v) is 11.2. The summed E-state index contributed by atoms with van der Waals surface area (Å²) in [5.41, 5.74) is -0.638. The maximum absolute atomic E-state index is 13.0. The third-order valence-electron chi connectivity index (χ3n) is 5.95. The first-order valence-electron chi connectivity index (χ1n) is 13.4. The Morgan fingerprint density at radius 2 is 2.02 bits per heavy atom. The van der Waals surface area contributed by atoms with Gasteiger partial charge in [0.05, 0.1) is 24.7 Å². The van der Waals surface area contributed by atoms with Crippen LogP contribution in [0.2, 0.25) is 0 Å². The molecule has 0 bridgehead atoms. The van der Waals surface area contributed by atoms with Crippen molar-refractivity contribution in [1.29, 1.82) is 5.26 Å². The normalized spacial score (nSPS) is 22.3. The summed E-state index contributed by atoms with van der Waals surface area (Å²) in [6.07, 6.45) is -0.983. The summed E-state index contributed by atoms with van der Waals surface area (Å²) in [6, 6.07) is 3.73. The number of carbonyl (C=O) groups excluding carboxylic acids is 1. The Balaban J connectivity index is 2.45. The van der Waals surface area contributed by atoms with Crippen LogP contribution in [0.3, 0.4) is 0 Å². The standard InChI is InChI=1S/C26H41N6O7P/c1-9-21-23(39-40(37-15-13-28-8)32(17(2)3)18(4)5)24(36-16-35-19(6)10-12-27)25(38-21)31-14-11-22(29-20(7)33)30-26(31)34/h11,14,17-19,21,23-25H,9-10,13,15-16H2,1-7H3,(H,29,30,33,34)/t19?,21-,23?,24+,25-,40?/m1/s1. The smallest absolute Gasteiger partial charge is 0.351 e. The zero-order valence-electron chi connectivity index (χ0n) is 24.3. The molecule has 1 N–H and O–H groups in total. The molecular weight excluding hydrogens is 539 g/mol. The van der Waals surface area contributed by atoms with Crippen LogP contribution < -0.4 is 11.0 Å². The van der Waals surface area contributed by atoms with E-state index in [1.807, 2.05) is 34.6 Å². The molecule has 6 atom stereocenters. The van der Waals surface area contributed by atoms with Gasteiger partial charge in [0.1, 0.15) is 31.4 Å². The SMILES string of the molecule is [C-]#[N+]CCOP(OC1[C@@H](CC)O[C@@H](n2ccc(NC(C)=O)nc2=O)[C@H]1OCOC(C)CC#N)N(C(C)C)C(C)C. The number of aromatic nitrogens is 2. The Labute approximate surface area is 237 Å². The summed E-state index contributed by atoms with van der Waals surface area (Å²) in [6.45, 7) is 20.6. The van der Waals surface area contributed by atoms with Gasteiger partial charge in [0.2, 0.25) is 12.5 Å². The summed E-state index contributed by atoms with van der Waals surface area (Å²) in [7, 11) is -1.63. The van der Waals surface area contributed by atoms with Gasteiger partial charge in [-0.1, -0.05) is 6.92 Å². The Kier molecular flexibility index (Phi) is 14.1. The number of rotatable bonds is 16. The third-order valence-corrected chi connectivity index (χ3v) is 8.08. The fourth-order valence-corrected chi connectivity index (χ4v) is 6.00. The highest BCUT2D eigenvalue weighted by atomic mass is 31.2. The highest BCUT2D eigenvalue weighted by Crippen LogP contribution is 2.50. The van der Waals surface area contributed by atoms with Crippen LogP contribution in [-0.2, 0) is 28.1 Å². The van der Waals surface area contributed by atoms with E-state index in [0.29, 0.717) is 6.42 Å². The Morgan fingerprint density at radius 3 is 2.58 bits per heavy atom. The van der Waals surface area contributed by atoms with Crippen molar-refractivity contribution in [3.05, 3.63) is 34.2 Å². The van der Waals surface area contributed by atoms with Crippen LogP contribution in [-0.4, -0.2) is 76.6 Å². The Morgan fingerprint density at radius 1 is 1.32 bits per heavy atom. The number of nitrogens with zero attached hydrogens (tertiary/aromatic N) is 5. The molecule has 222 valence electrons. The molecule has 1 aromatic heterocycles. The Hall–Kier alpha value is -2.48. The van der Waals surface area contributed by atoms with Crippen LogP contribution >= 0.6 is 8.53 Å². The molecule has 2 heterocycles. The lowest BCUT2D eigenvalue weighted by atomic mass is 10.1. The molecule has 1 aromatic rings. The molecule has 0 aliphatic carbocycles. The zero-order chi connectivity index (χ0) is 29.8. The highest BCUT2D eigenvalue weighted by Gasteiger charge is 2.49. The molecule has 3 unspecified atom stereocenters. The van der Waals surface area contributed by atoms with Crippen molar-refractivity contribution in [2.24, 2.45) is 0 Å². The quantitative estimate of drug-likeness (QED) is 0.133. The number of hydrogen-bond donors (Lipinski definition) is 1. The molecular formula is C26H41N6O7P. The monoisotopic (exact) mass is 580 g/mol. The minimum absolute atomic E-state index is 0.0833. The molecule has 0 aromatic carbocycles. The van der Waals surface area contributed by atoms with Crippen LogP contribution in [0.1, 0.15) is 67.5 Å². The first-order valence-corrected chi connectivity index (χ1v) is 14.5. The number of amides is 1. The topological polar surface area (TPSA) is 142 Å². The largest absolute Gasteiger partial charge is 0.351 e. The summed E-state index contributed by atoms with van der Waals surface area (Å²) in [4.78, 5) is 31.8. The van der Waals surface area contributed by atoms with E-state index in [0.717, 1.165) is 0 Å². The summed E-state index contributed by atoms with van der Waals surface area (Å²) >= 11 is 0. The van der Waals surface area contributed by atoms with Crippen molar-refractivity contribution >= 4 is 20.3 Å². The van der Waals surface area contributed by atoms with Crippen molar-refractivity contribution in [3.63, 3.8) is 0 Å². The summed E-state index contributed by atoms with van der Waals surface area (Å²) < 4.78 is 34.3. The van der Waals surface area contributed by atoms with E-state index in [-0.39, 0.29) is 56.3 Å². The highest BCUT2D eigenvalue weighted by molar-refractivity contribution is 7.44. The molecule has 40 heavy (non-hydrogen) atoms.